The summed E-state index contributed by atoms with van der Waals surface area (Å²) >= 11 is 3.25. The first-order valence-corrected chi connectivity index (χ1v) is 8.50. The van der Waals surface area contributed by atoms with Crippen LogP contribution in [0, 0.1) is 6.92 Å². The normalized spacial score (nSPS) is 10.2. The quantitative estimate of drug-likeness (QED) is 0.319. The van der Waals surface area contributed by atoms with Gasteiger partial charge in [-0.1, -0.05) is 73.2 Å². The lowest BCUT2D eigenvalue weighted by Crippen LogP contribution is -2.05. The Bertz CT molecular complexity index is 404. The van der Waals surface area contributed by atoms with E-state index in [2.05, 4.69) is 35.8 Å². The summed E-state index contributed by atoms with van der Waals surface area (Å²) in [6.45, 7) is 4.32. The van der Waals surface area contributed by atoms with E-state index in [0.29, 0.717) is 5.33 Å². The zero-order chi connectivity index (χ0) is 14.1. The van der Waals surface area contributed by atoms with Crippen LogP contribution in [0.1, 0.15) is 66.9 Å². The van der Waals surface area contributed by atoms with E-state index in [9.17, 15) is 4.79 Å². The molecule has 0 aliphatic rings. The first-order chi connectivity index (χ1) is 9.20. The van der Waals surface area contributed by atoms with Crippen LogP contribution in [0.15, 0.2) is 18.2 Å². The van der Waals surface area contributed by atoms with Gasteiger partial charge in [-0.25, -0.2) is 0 Å². The molecule has 1 rings (SSSR count). The number of hydrogen-bond acceptors (Lipinski definition) is 1. The fourth-order valence-electron chi connectivity index (χ4n) is 2.42. The van der Waals surface area contributed by atoms with Crippen LogP contribution in [0.5, 0.6) is 0 Å². The molecule has 114 valence electrons. The molecule has 0 fully saturated rings. The Kier molecular flexibility index (Phi) is 11.2. The molecule has 0 spiro atoms. The summed E-state index contributed by atoms with van der Waals surface area (Å²) in [6.07, 6.45) is 8.99. The molecule has 0 unspecified atom stereocenters. The van der Waals surface area contributed by atoms with E-state index >= 15 is 0 Å². The third-order valence-electron chi connectivity index (χ3n) is 3.67. The Labute approximate surface area is 139 Å². The molecule has 1 aromatic rings. The average molecular weight is 359 g/mol. The van der Waals surface area contributed by atoms with Crippen LogP contribution >= 0.6 is 29.4 Å². The Morgan fingerprint density at radius 2 is 1.75 bits per heavy atom. The first kappa shape index (κ1) is 19.7. The summed E-state index contributed by atoms with van der Waals surface area (Å²) in [6, 6.07) is 6.10. The second-order valence-corrected chi connectivity index (χ2v) is 5.73. The van der Waals surface area contributed by atoms with Crippen LogP contribution in [-0.4, -0.2) is 11.1 Å². The fraction of sp³-hybridized carbons (Fsp3) is 0.588. The van der Waals surface area contributed by atoms with Gasteiger partial charge in [0, 0.05) is 5.56 Å². The van der Waals surface area contributed by atoms with Crippen molar-refractivity contribution in [1.29, 1.82) is 0 Å². The number of Topliss-reactive ketones (excluding diaryl/α,β-unsaturated/α-hetero) is 1. The molecular weight excluding hydrogens is 332 g/mol. The highest BCUT2D eigenvalue weighted by atomic mass is 79.9. The number of ketones is 1. The van der Waals surface area contributed by atoms with Gasteiger partial charge in [-0.3, -0.25) is 4.79 Å². The van der Waals surface area contributed by atoms with E-state index < -0.39 is 0 Å². The molecule has 20 heavy (non-hydrogen) atoms. The summed E-state index contributed by atoms with van der Waals surface area (Å²) < 4.78 is 0. The van der Waals surface area contributed by atoms with E-state index in [1.807, 2.05) is 12.1 Å². The van der Waals surface area contributed by atoms with Crippen LogP contribution in [0.4, 0.5) is 0 Å². The minimum absolute atomic E-state index is 0. The van der Waals surface area contributed by atoms with E-state index in [1.165, 1.54) is 49.7 Å². The molecule has 0 aliphatic heterocycles. The lowest BCUT2D eigenvalue weighted by molar-refractivity contribution is 0.102. The minimum atomic E-state index is 0. The third-order valence-corrected chi connectivity index (χ3v) is 4.18. The topological polar surface area (TPSA) is 17.1 Å². The van der Waals surface area contributed by atoms with Crippen molar-refractivity contribution in [2.45, 2.75) is 58.8 Å². The number of carbonyl (C=O) groups is 1. The summed E-state index contributed by atoms with van der Waals surface area (Å²) in [4.78, 5) is 11.8. The van der Waals surface area contributed by atoms with Crippen molar-refractivity contribution in [3.05, 3.63) is 34.9 Å². The second-order valence-electron chi connectivity index (χ2n) is 5.16. The predicted molar refractivity (Wildman–Crippen MR) is 96.8 cm³/mol. The lowest BCUT2D eigenvalue weighted by atomic mass is 9.96. The molecule has 3 heteroatoms. The maximum Gasteiger partial charge on any atom is 0.173 e. The summed E-state index contributed by atoms with van der Waals surface area (Å²) in [7, 11) is 0. The fourth-order valence-corrected chi connectivity index (χ4v) is 2.73. The Morgan fingerprint density at radius 1 is 1.10 bits per heavy atom. The van der Waals surface area contributed by atoms with Crippen molar-refractivity contribution in [1.82, 2.24) is 0 Å². The highest BCUT2D eigenvalue weighted by molar-refractivity contribution is 9.09. The number of rotatable bonds is 9. The standard InChI is InChI=1S/C17H25BrO.H2S/c1-3-4-5-6-7-8-10-15-11-9-12-16(14(15)2)17(19)13-18;/h9,11-12H,3-8,10,13H2,1-2H3;1H2. The van der Waals surface area contributed by atoms with Gasteiger partial charge in [0.15, 0.2) is 5.78 Å². The van der Waals surface area contributed by atoms with Gasteiger partial charge in [-0.15, -0.1) is 0 Å². The summed E-state index contributed by atoms with van der Waals surface area (Å²) in [5.74, 6) is 0.183. The van der Waals surface area contributed by atoms with Crippen molar-refractivity contribution < 1.29 is 4.79 Å². The molecular formula is C17H27BrOS. The molecule has 0 bridgehead atoms. The van der Waals surface area contributed by atoms with Gasteiger partial charge < -0.3 is 0 Å². The molecule has 1 nitrogen and oxygen atoms in total. The number of carbonyl (C=O) groups excluding carboxylic acids is 1. The molecule has 0 amide bonds. The van der Waals surface area contributed by atoms with E-state index in [-0.39, 0.29) is 19.3 Å². The van der Waals surface area contributed by atoms with Crippen molar-refractivity contribution in [2.75, 3.05) is 5.33 Å². The lowest BCUT2D eigenvalue weighted by Gasteiger charge is -2.09. The largest absolute Gasteiger partial charge is 0.293 e. The average Bonchev–Trinajstić information content (AvgIpc) is 2.43. The SMILES string of the molecule is CCCCCCCCc1cccc(C(=O)CBr)c1C.S. The maximum absolute atomic E-state index is 11.8. The first-order valence-electron chi connectivity index (χ1n) is 7.38. The summed E-state index contributed by atoms with van der Waals surface area (Å²) in [5.41, 5.74) is 3.38. The van der Waals surface area contributed by atoms with Crippen LogP contribution < -0.4 is 0 Å². The molecule has 1 aromatic carbocycles. The number of hydrogen-bond donors (Lipinski definition) is 0. The van der Waals surface area contributed by atoms with Gasteiger partial charge in [0.2, 0.25) is 0 Å². The number of halogens is 1. The predicted octanol–water partition coefficient (Wildman–Crippen LogP) is 5.59. The van der Waals surface area contributed by atoms with Gasteiger partial charge >= 0.3 is 0 Å². The molecule has 0 atom stereocenters. The molecule has 0 aliphatic carbocycles. The van der Waals surface area contributed by atoms with Crippen LogP contribution in [0.3, 0.4) is 0 Å². The van der Waals surface area contributed by atoms with Crippen LogP contribution in [-0.2, 0) is 6.42 Å². The van der Waals surface area contributed by atoms with Gasteiger partial charge in [-0.2, -0.15) is 13.5 Å². The number of unbranched alkanes of at least 4 members (excludes halogenated alkanes) is 5. The van der Waals surface area contributed by atoms with Gasteiger partial charge in [0.05, 0.1) is 5.33 Å². The molecule has 0 aromatic heterocycles. The zero-order valence-electron chi connectivity index (χ0n) is 12.7. The van der Waals surface area contributed by atoms with Gasteiger partial charge in [0.1, 0.15) is 0 Å². The summed E-state index contributed by atoms with van der Waals surface area (Å²) in [5, 5.41) is 0.411. The van der Waals surface area contributed by atoms with E-state index in [4.69, 9.17) is 0 Å². The Balaban J connectivity index is 0.00000361. The third kappa shape index (κ3) is 6.45. The minimum Gasteiger partial charge on any atom is -0.293 e. The van der Waals surface area contributed by atoms with Crippen molar-refractivity contribution in [2.24, 2.45) is 0 Å². The number of benzene rings is 1. The van der Waals surface area contributed by atoms with Crippen molar-refractivity contribution in [3.63, 3.8) is 0 Å². The van der Waals surface area contributed by atoms with Crippen molar-refractivity contribution >= 4 is 35.2 Å². The smallest absolute Gasteiger partial charge is 0.173 e. The molecule has 0 N–H and O–H groups in total. The highest BCUT2D eigenvalue weighted by Gasteiger charge is 2.09. The van der Waals surface area contributed by atoms with Gasteiger partial charge in [0.25, 0.3) is 0 Å². The monoisotopic (exact) mass is 358 g/mol. The Hall–Kier alpha value is -0.280. The zero-order valence-corrected chi connectivity index (χ0v) is 15.3. The maximum atomic E-state index is 11.8. The van der Waals surface area contributed by atoms with E-state index in [0.717, 1.165) is 12.0 Å². The molecule has 0 heterocycles. The second kappa shape index (κ2) is 11.4. The van der Waals surface area contributed by atoms with Crippen LogP contribution in [0.25, 0.3) is 0 Å². The van der Waals surface area contributed by atoms with Crippen molar-refractivity contribution in [3.8, 4) is 0 Å². The Morgan fingerprint density at radius 3 is 2.40 bits per heavy atom. The number of aryl methyl sites for hydroxylation is 1. The number of alkyl halides is 1. The molecule has 0 radical (unpaired) electrons. The highest BCUT2D eigenvalue weighted by Crippen LogP contribution is 2.18. The van der Waals surface area contributed by atoms with Crippen LogP contribution in [0.2, 0.25) is 0 Å². The molecule has 0 saturated carbocycles. The molecule has 0 saturated heterocycles. The van der Waals surface area contributed by atoms with Gasteiger partial charge in [-0.05, 0) is 30.9 Å². The van der Waals surface area contributed by atoms with E-state index in [1.54, 1.807) is 0 Å².